The number of halogens is 2. The molecule has 2 heterocycles. The third-order valence-corrected chi connectivity index (χ3v) is 2.11. The van der Waals surface area contributed by atoms with Crippen LogP contribution in [0.5, 0.6) is 0 Å². The van der Waals surface area contributed by atoms with Crippen molar-refractivity contribution in [3.05, 3.63) is 36.9 Å². The zero-order valence-electron chi connectivity index (χ0n) is 6.60. The van der Waals surface area contributed by atoms with Gasteiger partial charge in [-0.3, -0.25) is 9.59 Å². The number of hydrogen-bond donors (Lipinski definition) is 2. The Bertz CT molecular complexity index is 616. The van der Waals surface area contributed by atoms with Crippen LogP contribution in [0, 0.1) is 0 Å². The van der Waals surface area contributed by atoms with Crippen molar-refractivity contribution in [3.63, 3.8) is 0 Å². The zero-order chi connectivity index (χ0) is 10.3. The van der Waals surface area contributed by atoms with Gasteiger partial charge in [0, 0.05) is 0 Å². The van der Waals surface area contributed by atoms with E-state index in [2.05, 4.69) is 15.0 Å². The molecule has 7 heteroatoms. The van der Waals surface area contributed by atoms with Crippen molar-refractivity contribution >= 4 is 34.4 Å². The number of rotatable bonds is 0. The van der Waals surface area contributed by atoms with Crippen molar-refractivity contribution < 1.29 is 0 Å². The molecule has 5 nitrogen and oxygen atoms in total. The fourth-order valence-electron chi connectivity index (χ4n) is 1.03. The SMILES string of the molecule is O=c1[nH]c2nc(Cl)cc(Cl)c2[nH]c1=O. The lowest BCUT2D eigenvalue weighted by Crippen LogP contribution is -2.29. The van der Waals surface area contributed by atoms with Crippen LogP contribution < -0.4 is 11.1 Å². The van der Waals surface area contributed by atoms with Gasteiger partial charge >= 0.3 is 11.1 Å². The van der Waals surface area contributed by atoms with Crippen molar-refractivity contribution in [1.82, 2.24) is 15.0 Å². The van der Waals surface area contributed by atoms with Gasteiger partial charge in [0.05, 0.1) is 5.02 Å². The monoisotopic (exact) mass is 231 g/mol. The summed E-state index contributed by atoms with van der Waals surface area (Å²) < 4.78 is 0. The molecule has 0 bridgehead atoms. The van der Waals surface area contributed by atoms with Crippen LogP contribution in [0.4, 0.5) is 0 Å². The van der Waals surface area contributed by atoms with Crippen LogP contribution in [0.3, 0.4) is 0 Å². The first-order valence-corrected chi connectivity index (χ1v) is 4.32. The molecule has 0 saturated carbocycles. The molecule has 2 aromatic rings. The molecule has 2 aromatic heterocycles. The van der Waals surface area contributed by atoms with Gasteiger partial charge in [-0.15, -0.1) is 0 Å². The van der Waals surface area contributed by atoms with Crippen LogP contribution in [-0.2, 0) is 0 Å². The predicted molar refractivity (Wildman–Crippen MR) is 53.0 cm³/mol. The molecule has 0 unspecified atom stereocenters. The molecule has 14 heavy (non-hydrogen) atoms. The molecule has 0 aliphatic carbocycles. The van der Waals surface area contributed by atoms with Gasteiger partial charge in [-0.25, -0.2) is 4.98 Å². The molecule has 0 aliphatic rings. The Kier molecular flexibility index (Phi) is 2.05. The second-order valence-corrected chi connectivity index (χ2v) is 3.35. The first kappa shape index (κ1) is 9.23. The Morgan fingerprint density at radius 2 is 1.79 bits per heavy atom. The van der Waals surface area contributed by atoms with E-state index < -0.39 is 11.1 Å². The summed E-state index contributed by atoms with van der Waals surface area (Å²) in [6.07, 6.45) is 0. The molecule has 2 rings (SSSR count). The maximum absolute atomic E-state index is 11.0. The summed E-state index contributed by atoms with van der Waals surface area (Å²) in [7, 11) is 0. The molecular formula is C7H3Cl2N3O2. The van der Waals surface area contributed by atoms with Gasteiger partial charge in [0.15, 0.2) is 5.65 Å². The number of nitrogens with zero attached hydrogens (tertiary/aromatic N) is 1. The predicted octanol–water partition coefficient (Wildman–Crippen LogP) is 0.918. The molecule has 0 saturated heterocycles. The highest BCUT2D eigenvalue weighted by molar-refractivity contribution is 6.37. The van der Waals surface area contributed by atoms with Crippen molar-refractivity contribution in [1.29, 1.82) is 0 Å². The summed E-state index contributed by atoms with van der Waals surface area (Å²) in [4.78, 5) is 30.2. The molecule has 72 valence electrons. The maximum atomic E-state index is 11.0. The molecule has 0 spiro atoms. The number of aromatic amines is 2. The standard InChI is InChI=1S/C7H3Cl2N3O2/c8-2-1-3(9)10-5-4(2)11-6(13)7(14)12-5/h1H,(H,11,13)(H,10,12,14). The van der Waals surface area contributed by atoms with Crippen molar-refractivity contribution in [2.45, 2.75) is 0 Å². The summed E-state index contributed by atoms with van der Waals surface area (Å²) in [6.45, 7) is 0. The molecule has 0 aromatic carbocycles. The quantitative estimate of drug-likeness (QED) is 0.523. The number of hydrogen-bond acceptors (Lipinski definition) is 3. The fourth-order valence-corrected chi connectivity index (χ4v) is 1.52. The number of pyridine rings is 1. The van der Waals surface area contributed by atoms with E-state index >= 15 is 0 Å². The summed E-state index contributed by atoms with van der Waals surface area (Å²) >= 11 is 11.4. The van der Waals surface area contributed by atoms with Gasteiger partial charge in [-0.1, -0.05) is 23.2 Å². The molecule has 0 radical (unpaired) electrons. The number of aromatic nitrogens is 3. The Balaban J connectivity index is 3.03. The van der Waals surface area contributed by atoms with E-state index in [1.165, 1.54) is 6.07 Å². The summed E-state index contributed by atoms with van der Waals surface area (Å²) in [5.41, 5.74) is -1.14. The smallest absolute Gasteiger partial charge is 0.313 e. The lowest BCUT2D eigenvalue weighted by atomic mass is 10.4. The van der Waals surface area contributed by atoms with Gasteiger partial charge in [-0.05, 0) is 6.07 Å². The average Bonchev–Trinajstić information content (AvgIpc) is 2.08. The Morgan fingerprint density at radius 1 is 1.14 bits per heavy atom. The van der Waals surface area contributed by atoms with Gasteiger partial charge in [0.1, 0.15) is 10.7 Å². The fraction of sp³-hybridized carbons (Fsp3) is 0. The minimum absolute atomic E-state index is 0.144. The van der Waals surface area contributed by atoms with Crippen molar-refractivity contribution in [2.24, 2.45) is 0 Å². The highest BCUT2D eigenvalue weighted by Crippen LogP contribution is 2.20. The lowest BCUT2D eigenvalue weighted by molar-refractivity contribution is 1.11. The minimum atomic E-state index is -0.789. The maximum Gasteiger partial charge on any atom is 0.315 e. The lowest BCUT2D eigenvalue weighted by Gasteiger charge is -1.98. The molecule has 0 atom stereocenters. The Labute approximate surface area is 86.7 Å². The van der Waals surface area contributed by atoms with Crippen molar-refractivity contribution in [2.75, 3.05) is 0 Å². The molecule has 0 fully saturated rings. The summed E-state index contributed by atoms with van der Waals surface area (Å²) in [5, 5.41) is 0.374. The molecule has 2 N–H and O–H groups in total. The van der Waals surface area contributed by atoms with Crippen LogP contribution in [-0.4, -0.2) is 15.0 Å². The first-order valence-electron chi connectivity index (χ1n) is 3.56. The summed E-state index contributed by atoms with van der Waals surface area (Å²) in [5.74, 6) is 0. The van der Waals surface area contributed by atoms with Gasteiger partial charge in [0.25, 0.3) is 0 Å². The van der Waals surface area contributed by atoms with E-state index in [9.17, 15) is 9.59 Å². The van der Waals surface area contributed by atoms with Crippen LogP contribution >= 0.6 is 23.2 Å². The topological polar surface area (TPSA) is 78.6 Å². The van der Waals surface area contributed by atoms with Gasteiger partial charge < -0.3 is 9.97 Å². The average molecular weight is 232 g/mol. The Morgan fingerprint density at radius 3 is 2.50 bits per heavy atom. The third-order valence-electron chi connectivity index (χ3n) is 1.62. The van der Waals surface area contributed by atoms with E-state index in [0.717, 1.165) is 0 Å². The van der Waals surface area contributed by atoms with Crippen LogP contribution in [0.1, 0.15) is 0 Å². The number of nitrogens with one attached hydrogen (secondary N) is 2. The number of H-pyrrole nitrogens is 2. The van der Waals surface area contributed by atoms with Crippen molar-refractivity contribution in [3.8, 4) is 0 Å². The second kappa shape index (κ2) is 3.11. The second-order valence-electron chi connectivity index (χ2n) is 2.56. The number of fused-ring (bicyclic) bond motifs is 1. The van der Waals surface area contributed by atoms with E-state index in [-0.39, 0.29) is 21.3 Å². The summed E-state index contributed by atoms with van der Waals surface area (Å²) in [6, 6.07) is 1.37. The van der Waals surface area contributed by atoms with Gasteiger partial charge in [0.2, 0.25) is 0 Å². The molecule has 0 aliphatic heterocycles. The zero-order valence-corrected chi connectivity index (χ0v) is 8.11. The van der Waals surface area contributed by atoms with Crippen LogP contribution in [0.25, 0.3) is 11.2 Å². The first-order chi connectivity index (χ1) is 6.58. The van der Waals surface area contributed by atoms with E-state index in [0.29, 0.717) is 0 Å². The highest BCUT2D eigenvalue weighted by atomic mass is 35.5. The van der Waals surface area contributed by atoms with Gasteiger partial charge in [-0.2, -0.15) is 0 Å². The van der Waals surface area contributed by atoms with E-state index in [1.54, 1.807) is 0 Å². The highest BCUT2D eigenvalue weighted by Gasteiger charge is 2.05. The van der Waals surface area contributed by atoms with E-state index in [1.807, 2.05) is 0 Å². The van der Waals surface area contributed by atoms with Crippen LogP contribution in [0.2, 0.25) is 10.2 Å². The van der Waals surface area contributed by atoms with Crippen LogP contribution in [0.15, 0.2) is 15.7 Å². The third kappa shape index (κ3) is 1.40. The minimum Gasteiger partial charge on any atom is -0.313 e. The largest absolute Gasteiger partial charge is 0.315 e. The van der Waals surface area contributed by atoms with E-state index in [4.69, 9.17) is 23.2 Å². The normalized spacial score (nSPS) is 10.7. The molecule has 0 amide bonds. The molecular weight excluding hydrogens is 229 g/mol. The Hall–Kier alpha value is -1.33.